The van der Waals surface area contributed by atoms with Crippen LogP contribution in [0.25, 0.3) is 0 Å². The minimum Gasteiger partial charge on any atom is -0.150 e. The Labute approximate surface area is 75.0 Å². The molecule has 0 aromatic heterocycles. The second-order valence-corrected chi connectivity index (χ2v) is 4.01. The van der Waals surface area contributed by atoms with Gasteiger partial charge in [-0.2, -0.15) is 4.91 Å². The predicted octanol–water partition coefficient (Wildman–Crippen LogP) is 3.52. The molecule has 2 nitrogen and oxygen atoms in total. The number of rotatable bonds is 6. The van der Waals surface area contributed by atoms with Crippen molar-refractivity contribution in [3.8, 4) is 0 Å². The zero-order chi connectivity index (χ0) is 9.61. The summed E-state index contributed by atoms with van der Waals surface area (Å²) in [6, 6.07) is 0. The third-order valence-electron chi connectivity index (χ3n) is 2.10. The van der Waals surface area contributed by atoms with Crippen LogP contribution in [0.15, 0.2) is 17.8 Å². The molecule has 0 aromatic rings. The quantitative estimate of drug-likeness (QED) is 0.442. The predicted molar refractivity (Wildman–Crippen MR) is 53.1 cm³/mol. The Morgan fingerprint density at radius 1 is 1.58 bits per heavy atom. The molecule has 0 heterocycles. The molecule has 0 spiro atoms. The molecule has 0 aliphatic rings. The van der Waals surface area contributed by atoms with Crippen LogP contribution < -0.4 is 0 Å². The summed E-state index contributed by atoms with van der Waals surface area (Å²) < 4.78 is 0. The fourth-order valence-electron chi connectivity index (χ4n) is 1.02. The minimum absolute atomic E-state index is 0.388. The van der Waals surface area contributed by atoms with Crippen LogP contribution >= 0.6 is 0 Å². The van der Waals surface area contributed by atoms with E-state index in [9.17, 15) is 4.91 Å². The van der Waals surface area contributed by atoms with Gasteiger partial charge in [-0.25, -0.2) is 0 Å². The zero-order valence-electron chi connectivity index (χ0n) is 8.34. The van der Waals surface area contributed by atoms with Gasteiger partial charge in [0.1, 0.15) is 0 Å². The van der Waals surface area contributed by atoms with Crippen molar-refractivity contribution in [2.24, 2.45) is 11.1 Å². The fraction of sp³-hybridized carbons (Fsp3) is 0.800. The van der Waals surface area contributed by atoms with Gasteiger partial charge in [0.2, 0.25) is 0 Å². The van der Waals surface area contributed by atoms with Crippen LogP contribution in [0, 0.1) is 10.8 Å². The van der Waals surface area contributed by atoms with Crippen LogP contribution in [0.2, 0.25) is 0 Å². The highest BCUT2D eigenvalue weighted by Gasteiger charge is 2.17. The average molecular weight is 169 g/mol. The SMILES string of the molecule is C=CC(C)CCCC(C)(C)N=O. The Bertz CT molecular complexity index is 152. The molecule has 0 aromatic carbocycles. The highest BCUT2D eigenvalue weighted by Crippen LogP contribution is 2.19. The second kappa shape index (κ2) is 5.07. The highest BCUT2D eigenvalue weighted by molar-refractivity contribution is 4.79. The Kier molecular flexibility index (Phi) is 4.79. The largest absolute Gasteiger partial charge is 0.150 e. The van der Waals surface area contributed by atoms with Gasteiger partial charge in [0.05, 0.1) is 5.54 Å². The van der Waals surface area contributed by atoms with Crippen molar-refractivity contribution in [1.82, 2.24) is 0 Å². The maximum Gasteiger partial charge on any atom is 0.0970 e. The minimum atomic E-state index is -0.388. The van der Waals surface area contributed by atoms with E-state index in [1.165, 1.54) is 0 Å². The van der Waals surface area contributed by atoms with Gasteiger partial charge in [-0.1, -0.05) is 24.6 Å². The highest BCUT2D eigenvalue weighted by atomic mass is 16.3. The van der Waals surface area contributed by atoms with E-state index in [2.05, 4.69) is 18.7 Å². The van der Waals surface area contributed by atoms with Crippen LogP contribution in [-0.2, 0) is 0 Å². The third kappa shape index (κ3) is 5.05. The van der Waals surface area contributed by atoms with Crippen molar-refractivity contribution in [2.75, 3.05) is 0 Å². The van der Waals surface area contributed by atoms with E-state index in [0.717, 1.165) is 19.3 Å². The number of allylic oxidation sites excluding steroid dienone is 1. The lowest BCUT2D eigenvalue weighted by molar-refractivity contribution is 0.433. The molecular weight excluding hydrogens is 150 g/mol. The molecule has 0 radical (unpaired) electrons. The Balaban J connectivity index is 3.55. The molecule has 0 rings (SSSR count). The first kappa shape index (κ1) is 11.3. The summed E-state index contributed by atoms with van der Waals surface area (Å²) in [5.41, 5.74) is -0.388. The van der Waals surface area contributed by atoms with E-state index < -0.39 is 0 Å². The lowest BCUT2D eigenvalue weighted by atomic mass is 9.95. The molecule has 12 heavy (non-hydrogen) atoms. The first-order chi connectivity index (χ1) is 5.52. The molecule has 0 saturated carbocycles. The fourth-order valence-corrected chi connectivity index (χ4v) is 1.02. The second-order valence-electron chi connectivity index (χ2n) is 4.01. The van der Waals surface area contributed by atoms with Gasteiger partial charge >= 0.3 is 0 Å². The Morgan fingerprint density at radius 3 is 2.58 bits per heavy atom. The van der Waals surface area contributed by atoms with Crippen molar-refractivity contribution in [2.45, 2.75) is 45.6 Å². The third-order valence-corrected chi connectivity index (χ3v) is 2.10. The van der Waals surface area contributed by atoms with Crippen molar-refractivity contribution in [1.29, 1.82) is 0 Å². The smallest absolute Gasteiger partial charge is 0.0970 e. The topological polar surface area (TPSA) is 29.4 Å². The summed E-state index contributed by atoms with van der Waals surface area (Å²) in [6.45, 7) is 9.59. The van der Waals surface area contributed by atoms with Crippen LogP contribution in [0.1, 0.15) is 40.0 Å². The lowest BCUT2D eigenvalue weighted by Gasteiger charge is -2.15. The normalized spacial score (nSPS) is 13.9. The molecule has 1 atom stereocenters. The van der Waals surface area contributed by atoms with Crippen LogP contribution in [-0.4, -0.2) is 5.54 Å². The molecule has 0 fully saturated rings. The average Bonchev–Trinajstić information content (AvgIpc) is 2.04. The van der Waals surface area contributed by atoms with Crippen LogP contribution in [0.3, 0.4) is 0 Å². The zero-order valence-corrected chi connectivity index (χ0v) is 8.34. The van der Waals surface area contributed by atoms with Crippen molar-refractivity contribution >= 4 is 0 Å². The van der Waals surface area contributed by atoms with Gasteiger partial charge in [0.15, 0.2) is 0 Å². The van der Waals surface area contributed by atoms with Crippen LogP contribution in [0.4, 0.5) is 0 Å². The summed E-state index contributed by atoms with van der Waals surface area (Å²) >= 11 is 0. The van der Waals surface area contributed by atoms with E-state index >= 15 is 0 Å². The summed E-state index contributed by atoms with van der Waals surface area (Å²) in [4.78, 5) is 10.3. The Hall–Kier alpha value is -0.660. The number of hydrogen-bond donors (Lipinski definition) is 0. The van der Waals surface area contributed by atoms with E-state index in [0.29, 0.717) is 5.92 Å². The maximum atomic E-state index is 10.3. The molecular formula is C10H19NO. The van der Waals surface area contributed by atoms with Crippen molar-refractivity contribution in [3.05, 3.63) is 17.6 Å². The molecule has 1 unspecified atom stereocenters. The van der Waals surface area contributed by atoms with Gasteiger partial charge < -0.3 is 0 Å². The van der Waals surface area contributed by atoms with Gasteiger partial charge in [-0.15, -0.1) is 6.58 Å². The first-order valence-electron chi connectivity index (χ1n) is 4.49. The number of nitroso groups, excluding NO2 is 1. The van der Waals surface area contributed by atoms with Gasteiger partial charge in [0, 0.05) is 0 Å². The van der Waals surface area contributed by atoms with Gasteiger partial charge in [0.25, 0.3) is 0 Å². The van der Waals surface area contributed by atoms with E-state index in [-0.39, 0.29) is 5.54 Å². The molecule has 0 aliphatic carbocycles. The van der Waals surface area contributed by atoms with E-state index in [1.807, 2.05) is 19.9 Å². The standard InChI is InChI=1S/C10H19NO/c1-5-9(2)7-6-8-10(3,4)11-12/h5,9H,1,6-8H2,2-4H3. The maximum absolute atomic E-state index is 10.3. The number of hydrogen-bond acceptors (Lipinski definition) is 2. The van der Waals surface area contributed by atoms with E-state index in [4.69, 9.17) is 0 Å². The summed E-state index contributed by atoms with van der Waals surface area (Å²) in [7, 11) is 0. The first-order valence-corrected chi connectivity index (χ1v) is 4.49. The van der Waals surface area contributed by atoms with Gasteiger partial charge in [-0.05, 0) is 32.6 Å². The van der Waals surface area contributed by atoms with Crippen molar-refractivity contribution < 1.29 is 0 Å². The molecule has 0 N–H and O–H groups in total. The summed E-state index contributed by atoms with van der Waals surface area (Å²) in [5.74, 6) is 0.549. The van der Waals surface area contributed by atoms with E-state index in [1.54, 1.807) is 0 Å². The lowest BCUT2D eigenvalue weighted by Crippen LogP contribution is -2.15. The molecule has 0 aliphatic heterocycles. The molecule has 70 valence electrons. The monoisotopic (exact) mass is 169 g/mol. The molecule has 2 heteroatoms. The molecule has 0 saturated heterocycles. The Morgan fingerprint density at radius 2 is 2.17 bits per heavy atom. The summed E-state index contributed by atoms with van der Waals surface area (Å²) in [6.07, 6.45) is 4.96. The summed E-state index contributed by atoms with van der Waals surface area (Å²) in [5, 5.41) is 3.07. The van der Waals surface area contributed by atoms with Crippen molar-refractivity contribution in [3.63, 3.8) is 0 Å². The molecule has 0 bridgehead atoms. The van der Waals surface area contributed by atoms with Gasteiger partial charge in [-0.3, -0.25) is 0 Å². The number of nitrogens with zero attached hydrogens (tertiary/aromatic N) is 1. The molecule has 0 amide bonds. The van der Waals surface area contributed by atoms with Crippen LogP contribution in [0.5, 0.6) is 0 Å².